The van der Waals surface area contributed by atoms with Crippen LogP contribution in [0.15, 0.2) is 48.5 Å². The summed E-state index contributed by atoms with van der Waals surface area (Å²) in [6.07, 6.45) is 2.19. The van der Waals surface area contributed by atoms with E-state index < -0.39 is 0 Å². The highest BCUT2D eigenvalue weighted by Gasteiger charge is 2.13. The molecule has 2 aromatic rings. The largest absolute Gasteiger partial charge is 0.457 e. The summed E-state index contributed by atoms with van der Waals surface area (Å²) in [5.41, 5.74) is 2.47. The third-order valence-electron chi connectivity index (χ3n) is 3.59. The van der Waals surface area contributed by atoms with Crippen molar-refractivity contribution in [2.45, 2.75) is 39.7 Å². The molecule has 2 aromatic carbocycles. The summed E-state index contributed by atoms with van der Waals surface area (Å²) in [6.45, 7) is 7.50. The van der Waals surface area contributed by atoms with E-state index in [0.29, 0.717) is 6.04 Å². The molecule has 0 aliphatic rings. The van der Waals surface area contributed by atoms with Gasteiger partial charge in [0.25, 0.3) is 0 Å². The molecule has 0 fully saturated rings. The van der Waals surface area contributed by atoms with E-state index in [0.717, 1.165) is 30.9 Å². The van der Waals surface area contributed by atoms with Crippen LogP contribution in [-0.2, 0) is 0 Å². The second kappa shape index (κ2) is 7.84. The molecule has 2 rings (SSSR count). The van der Waals surface area contributed by atoms with Gasteiger partial charge in [0.2, 0.25) is 0 Å². The third kappa shape index (κ3) is 4.33. The Morgan fingerprint density at radius 1 is 1.00 bits per heavy atom. The molecule has 0 bridgehead atoms. The average Bonchev–Trinajstić information content (AvgIpc) is 2.52. The number of aryl methyl sites for hydroxylation is 1. The highest BCUT2D eigenvalue weighted by atomic mass is 16.5. The fourth-order valence-electron chi connectivity index (χ4n) is 2.39. The fraction of sp³-hybridized carbons (Fsp3) is 0.368. The van der Waals surface area contributed by atoms with Gasteiger partial charge in [-0.2, -0.15) is 0 Å². The average molecular weight is 283 g/mol. The third-order valence-corrected chi connectivity index (χ3v) is 3.59. The van der Waals surface area contributed by atoms with Gasteiger partial charge in [0.05, 0.1) is 0 Å². The van der Waals surface area contributed by atoms with E-state index in [1.807, 2.05) is 24.3 Å². The zero-order chi connectivity index (χ0) is 15.1. The molecule has 0 radical (unpaired) electrons. The number of para-hydroxylation sites is 1. The van der Waals surface area contributed by atoms with E-state index >= 15 is 0 Å². The van der Waals surface area contributed by atoms with Gasteiger partial charge in [-0.05, 0) is 44.5 Å². The van der Waals surface area contributed by atoms with Gasteiger partial charge in [-0.25, -0.2) is 0 Å². The van der Waals surface area contributed by atoms with Crippen molar-refractivity contribution in [3.63, 3.8) is 0 Å². The van der Waals surface area contributed by atoms with Crippen molar-refractivity contribution in [1.29, 1.82) is 0 Å². The lowest BCUT2D eigenvalue weighted by Crippen LogP contribution is -2.21. The number of hydrogen-bond donors (Lipinski definition) is 1. The molecule has 21 heavy (non-hydrogen) atoms. The van der Waals surface area contributed by atoms with Crippen molar-refractivity contribution >= 4 is 0 Å². The van der Waals surface area contributed by atoms with Gasteiger partial charge in [0.15, 0.2) is 0 Å². The minimum atomic E-state index is 0.339. The van der Waals surface area contributed by atoms with Crippen LogP contribution in [0.2, 0.25) is 0 Å². The number of nitrogens with one attached hydrogen (secondary N) is 1. The Morgan fingerprint density at radius 2 is 1.71 bits per heavy atom. The first-order chi connectivity index (χ1) is 10.2. The van der Waals surface area contributed by atoms with Crippen LogP contribution in [0.5, 0.6) is 11.5 Å². The Bertz CT molecular complexity index is 548. The van der Waals surface area contributed by atoms with E-state index in [1.54, 1.807) is 0 Å². The van der Waals surface area contributed by atoms with Crippen LogP contribution in [0, 0.1) is 6.92 Å². The predicted octanol–water partition coefficient (Wildman–Crippen LogP) is 5.24. The molecule has 1 unspecified atom stereocenters. The Morgan fingerprint density at radius 3 is 2.38 bits per heavy atom. The summed E-state index contributed by atoms with van der Waals surface area (Å²) < 4.78 is 6.09. The summed E-state index contributed by atoms with van der Waals surface area (Å²) in [7, 11) is 0. The van der Waals surface area contributed by atoms with Crippen LogP contribution >= 0.6 is 0 Å². The number of rotatable bonds is 7. The van der Waals surface area contributed by atoms with Crippen molar-refractivity contribution in [2.24, 2.45) is 0 Å². The standard InChI is InChI=1S/C19H25NO/c1-4-14-20-18(5-2)17-8-6-7-9-19(17)21-16-12-10-15(3)11-13-16/h6-13,18,20H,4-5,14H2,1-3H3. The van der Waals surface area contributed by atoms with Gasteiger partial charge in [-0.3, -0.25) is 0 Å². The van der Waals surface area contributed by atoms with E-state index in [2.05, 4.69) is 50.4 Å². The molecular weight excluding hydrogens is 258 g/mol. The molecule has 2 nitrogen and oxygen atoms in total. The number of benzene rings is 2. The molecule has 0 saturated carbocycles. The Labute approximate surface area is 128 Å². The minimum absolute atomic E-state index is 0.339. The molecule has 0 aliphatic heterocycles. The van der Waals surface area contributed by atoms with E-state index in [4.69, 9.17) is 4.74 Å². The summed E-state index contributed by atoms with van der Waals surface area (Å²) in [5, 5.41) is 3.59. The monoisotopic (exact) mass is 283 g/mol. The van der Waals surface area contributed by atoms with Gasteiger partial charge >= 0.3 is 0 Å². The van der Waals surface area contributed by atoms with E-state index in [-0.39, 0.29) is 0 Å². The fourth-order valence-corrected chi connectivity index (χ4v) is 2.39. The molecule has 2 heteroatoms. The normalized spacial score (nSPS) is 12.1. The maximum absolute atomic E-state index is 6.09. The topological polar surface area (TPSA) is 21.3 Å². The number of ether oxygens (including phenoxy) is 1. The van der Waals surface area contributed by atoms with Crippen LogP contribution in [-0.4, -0.2) is 6.54 Å². The Kier molecular flexibility index (Phi) is 5.82. The quantitative estimate of drug-likeness (QED) is 0.750. The zero-order valence-electron chi connectivity index (χ0n) is 13.2. The van der Waals surface area contributed by atoms with Crippen LogP contribution in [0.1, 0.15) is 43.9 Å². The summed E-state index contributed by atoms with van der Waals surface area (Å²) >= 11 is 0. The lowest BCUT2D eigenvalue weighted by atomic mass is 10.0. The van der Waals surface area contributed by atoms with Crippen LogP contribution in [0.25, 0.3) is 0 Å². The highest BCUT2D eigenvalue weighted by Crippen LogP contribution is 2.31. The van der Waals surface area contributed by atoms with Crippen LogP contribution in [0.4, 0.5) is 0 Å². The smallest absolute Gasteiger partial charge is 0.132 e. The first-order valence-electron chi connectivity index (χ1n) is 7.81. The maximum atomic E-state index is 6.09. The molecule has 0 saturated heterocycles. The van der Waals surface area contributed by atoms with Gasteiger partial charge in [-0.1, -0.05) is 49.7 Å². The molecule has 0 aliphatic carbocycles. The van der Waals surface area contributed by atoms with Crippen molar-refractivity contribution in [2.75, 3.05) is 6.54 Å². The van der Waals surface area contributed by atoms with Crippen molar-refractivity contribution < 1.29 is 4.74 Å². The van der Waals surface area contributed by atoms with Crippen molar-refractivity contribution in [3.8, 4) is 11.5 Å². The number of hydrogen-bond acceptors (Lipinski definition) is 2. The molecule has 0 amide bonds. The molecule has 0 spiro atoms. The summed E-state index contributed by atoms with van der Waals surface area (Å²) in [5.74, 6) is 1.83. The van der Waals surface area contributed by atoms with Gasteiger partial charge in [-0.15, -0.1) is 0 Å². The van der Waals surface area contributed by atoms with Gasteiger partial charge < -0.3 is 10.1 Å². The van der Waals surface area contributed by atoms with E-state index in [9.17, 15) is 0 Å². The van der Waals surface area contributed by atoms with Crippen LogP contribution in [0.3, 0.4) is 0 Å². The Balaban J connectivity index is 2.21. The van der Waals surface area contributed by atoms with Crippen LogP contribution < -0.4 is 10.1 Å². The summed E-state index contributed by atoms with van der Waals surface area (Å²) in [6, 6.07) is 16.8. The van der Waals surface area contributed by atoms with Crippen molar-refractivity contribution in [1.82, 2.24) is 5.32 Å². The highest BCUT2D eigenvalue weighted by molar-refractivity contribution is 5.40. The Hall–Kier alpha value is -1.80. The SMILES string of the molecule is CCCNC(CC)c1ccccc1Oc1ccc(C)cc1. The van der Waals surface area contributed by atoms with Crippen molar-refractivity contribution in [3.05, 3.63) is 59.7 Å². The molecule has 112 valence electrons. The summed E-state index contributed by atoms with van der Waals surface area (Å²) in [4.78, 5) is 0. The first kappa shape index (κ1) is 15.6. The van der Waals surface area contributed by atoms with Gasteiger partial charge in [0, 0.05) is 11.6 Å². The molecule has 1 atom stereocenters. The molecule has 0 aromatic heterocycles. The second-order valence-electron chi connectivity index (χ2n) is 5.37. The minimum Gasteiger partial charge on any atom is -0.457 e. The first-order valence-corrected chi connectivity index (χ1v) is 7.81. The lowest BCUT2D eigenvalue weighted by molar-refractivity contribution is 0.449. The molecular formula is C19H25NO. The maximum Gasteiger partial charge on any atom is 0.132 e. The second-order valence-corrected chi connectivity index (χ2v) is 5.37. The predicted molar refractivity (Wildman–Crippen MR) is 89.0 cm³/mol. The lowest BCUT2D eigenvalue weighted by Gasteiger charge is -2.20. The van der Waals surface area contributed by atoms with Gasteiger partial charge in [0.1, 0.15) is 11.5 Å². The molecule has 1 N–H and O–H groups in total. The molecule has 0 heterocycles. The van der Waals surface area contributed by atoms with E-state index in [1.165, 1.54) is 11.1 Å². The zero-order valence-corrected chi connectivity index (χ0v) is 13.2.